The first-order chi connectivity index (χ1) is 11.4. The number of ketones is 2. The highest BCUT2D eigenvalue weighted by Gasteiger charge is 2.11. The number of carbonyl (C=O) groups is 2. The summed E-state index contributed by atoms with van der Waals surface area (Å²) in [6, 6.07) is 8.04. The zero-order chi connectivity index (χ0) is 17.9. The number of halogens is 4. The maximum atomic E-state index is 11.3. The molecule has 0 saturated heterocycles. The Balaban J connectivity index is 2.21. The van der Waals surface area contributed by atoms with E-state index in [2.05, 4.69) is 10.6 Å². The van der Waals surface area contributed by atoms with Gasteiger partial charge >= 0.3 is 0 Å². The first kappa shape index (κ1) is 21.7. The van der Waals surface area contributed by atoms with Gasteiger partial charge in [-0.25, -0.2) is 0 Å². The molecule has 1 rings (SSSR count). The van der Waals surface area contributed by atoms with Gasteiger partial charge in [-0.05, 0) is 11.1 Å². The summed E-state index contributed by atoms with van der Waals surface area (Å²) in [5.74, 6) is -0.360. The molecule has 134 valence electrons. The Morgan fingerprint density at radius 3 is 1.38 bits per heavy atom. The molecule has 0 saturated carbocycles. The van der Waals surface area contributed by atoms with Crippen molar-refractivity contribution in [1.82, 2.24) is 10.6 Å². The minimum Gasteiger partial charge on any atom is -0.312 e. The normalized spacial score (nSPS) is 11.2. The molecular weight excluding hydrogens is 394 g/mol. The highest BCUT2D eigenvalue weighted by Crippen LogP contribution is 2.07. The molecule has 0 aliphatic carbocycles. The molecule has 1 aromatic rings. The second-order valence-corrected chi connectivity index (χ2v) is 7.40. The van der Waals surface area contributed by atoms with E-state index >= 15 is 0 Å². The van der Waals surface area contributed by atoms with E-state index in [1.807, 2.05) is 24.3 Å². The van der Waals surface area contributed by atoms with Crippen LogP contribution in [-0.2, 0) is 22.7 Å². The summed E-state index contributed by atoms with van der Waals surface area (Å²) in [6.07, 6.45) is 0.619. The van der Waals surface area contributed by atoms with Gasteiger partial charge in [-0.15, -0.1) is 0 Å². The average molecular weight is 414 g/mol. The SMILES string of the molecule is O=C(CCNCc1ccc(CNCCC(=O)C(Cl)Cl)cc1)C(Cl)Cl. The Morgan fingerprint density at radius 1 is 0.750 bits per heavy atom. The first-order valence-corrected chi connectivity index (χ1v) is 9.25. The van der Waals surface area contributed by atoms with Gasteiger partial charge in [0, 0.05) is 39.0 Å². The van der Waals surface area contributed by atoms with E-state index < -0.39 is 9.67 Å². The molecule has 4 nitrogen and oxygen atoms in total. The topological polar surface area (TPSA) is 58.2 Å². The Labute approximate surface area is 162 Å². The molecule has 0 aliphatic heterocycles. The standard InChI is InChI=1S/C16H20Cl4N2O2/c17-15(18)13(23)5-7-21-9-11-1-2-12(4-3-11)10-22-8-6-14(24)16(19)20/h1-4,15-16,21-22H,5-10H2. The molecule has 24 heavy (non-hydrogen) atoms. The van der Waals surface area contributed by atoms with Crippen molar-refractivity contribution >= 4 is 58.0 Å². The second-order valence-electron chi connectivity index (χ2n) is 5.20. The molecule has 0 radical (unpaired) electrons. The Morgan fingerprint density at radius 2 is 1.08 bits per heavy atom. The van der Waals surface area contributed by atoms with Gasteiger partial charge in [0.2, 0.25) is 0 Å². The Kier molecular flexibility index (Phi) is 10.9. The molecule has 0 bridgehead atoms. The molecule has 0 fully saturated rings. The van der Waals surface area contributed by atoms with Crippen molar-refractivity contribution in [3.63, 3.8) is 0 Å². The largest absolute Gasteiger partial charge is 0.312 e. The number of alkyl halides is 4. The van der Waals surface area contributed by atoms with Crippen LogP contribution in [0.5, 0.6) is 0 Å². The van der Waals surface area contributed by atoms with Crippen LogP contribution >= 0.6 is 46.4 Å². The third-order valence-electron chi connectivity index (χ3n) is 3.26. The molecule has 0 heterocycles. The van der Waals surface area contributed by atoms with Crippen LogP contribution in [0.2, 0.25) is 0 Å². The highest BCUT2D eigenvalue weighted by atomic mass is 35.5. The molecule has 0 amide bonds. The lowest BCUT2D eigenvalue weighted by Gasteiger charge is -2.08. The maximum Gasteiger partial charge on any atom is 0.166 e. The lowest BCUT2D eigenvalue weighted by atomic mass is 10.1. The summed E-state index contributed by atoms with van der Waals surface area (Å²) in [5.41, 5.74) is 2.23. The fourth-order valence-corrected chi connectivity index (χ4v) is 2.32. The summed E-state index contributed by atoms with van der Waals surface area (Å²) in [7, 11) is 0. The molecule has 8 heteroatoms. The molecule has 2 N–H and O–H groups in total. The summed E-state index contributed by atoms with van der Waals surface area (Å²) in [4.78, 5) is 20.6. The summed E-state index contributed by atoms with van der Waals surface area (Å²) >= 11 is 21.9. The van der Waals surface area contributed by atoms with Crippen molar-refractivity contribution in [2.45, 2.75) is 35.6 Å². The smallest absolute Gasteiger partial charge is 0.166 e. The number of hydrogen-bond acceptors (Lipinski definition) is 4. The van der Waals surface area contributed by atoms with Crippen LogP contribution in [0.1, 0.15) is 24.0 Å². The summed E-state index contributed by atoms with van der Waals surface area (Å²) < 4.78 is 0. The van der Waals surface area contributed by atoms with Crippen molar-refractivity contribution in [3.8, 4) is 0 Å². The van der Waals surface area contributed by atoms with E-state index in [4.69, 9.17) is 46.4 Å². The Bertz CT molecular complexity index is 474. The Hall–Kier alpha value is -0.360. The van der Waals surface area contributed by atoms with Crippen LogP contribution in [0, 0.1) is 0 Å². The van der Waals surface area contributed by atoms with Gasteiger partial charge in [-0.3, -0.25) is 9.59 Å². The van der Waals surface area contributed by atoms with Crippen LogP contribution in [0.15, 0.2) is 24.3 Å². The number of hydrogen-bond donors (Lipinski definition) is 2. The van der Waals surface area contributed by atoms with Gasteiger partial charge < -0.3 is 10.6 Å². The fourth-order valence-electron chi connectivity index (χ4n) is 1.88. The first-order valence-electron chi connectivity index (χ1n) is 7.51. The van der Waals surface area contributed by atoms with Gasteiger partial charge in [0.15, 0.2) is 21.2 Å². The van der Waals surface area contributed by atoms with Crippen molar-refractivity contribution < 1.29 is 9.59 Å². The second kappa shape index (κ2) is 12.1. The van der Waals surface area contributed by atoms with Crippen LogP contribution in [0.3, 0.4) is 0 Å². The van der Waals surface area contributed by atoms with Crippen LogP contribution in [0.4, 0.5) is 0 Å². The minimum absolute atomic E-state index is 0.180. The zero-order valence-electron chi connectivity index (χ0n) is 13.0. The lowest BCUT2D eigenvalue weighted by molar-refractivity contribution is -0.118. The molecule has 0 atom stereocenters. The minimum atomic E-state index is -0.950. The van der Waals surface area contributed by atoms with E-state index in [9.17, 15) is 9.59 Å². The predicted octanol–water partition coefficient (Wildman–Crippen LogP) is 3.39. The number of benzene rings is 1. The van der Waals surface area contributed by atoms with E-state index in [-0.39, 0.29) is 11.6 Å². The van der Waals surface area contributed by atoms with Gasteiger partial charge in [-0.1, -0.05) is 70.7 Å². The zero-order valence-corrected chi connectivity index (χ0v) is 16.1. The number of rotatable bonds is 12. The molecule has 1 aromatic carbocycles. The van der Waals surface area contributed by atoms with Crippen molar-refractivity contribution in [2.24, 2.45) is 0 Å². The molecule has 0 aromatic heterocycles. The maximum absolute atomic E-state index is 11.3. The van der Waals surface area contributed by atoms with Gasteiger partial charge in [0.1, 0.15) is 0 Å². The van der Waals surface area contributed by atoms with Crippen LogP contribution in [0.25, 0.3) is 0 Å². The summed E-state index contributed by atoms with van der Waals surface area (Å²) in [5, 5.41) is 6.33. The van der Waals surface area contributed by atoms with Crippen molar-refractivity contribution in [3.05, 3.63) is 35.4 Å². The predicted molar refractivity (Wildman–Crippen MR) is 100 cm³/mol. The third kappa shape index (κ3) is 9.21. The van der Waals surface area contributed by atoms with Crippen LogP contribution < -0.4 is 10.6 Å². The van der Waals surface area contributed by atoms with Gasteiger partial charge in [0.25, 0.3) is 0 Å². The van der Waals surface area contributed by atoms with Gasteiger partial charge in [0.05, 0.1) is 0 Å². The molecule has 0 aliphatic rings. The van der Waals surface area contributed by atoms with Crippen molar-refractivity contribution in [1.29, 1.82) is 0 Å². The van der Waals surface area contributed by atoms with Gasteiger partial charge in [-0.2, -0.15) is 0 Å². The van der Waals surface area contributed by atoms with E-state index in [1.54, 1.807) is 0 Å². The molecular formula is C16H20Cl4N2O2. The molecule has 0 unspecified atom stereocenters. The number of Topliss-reactive ketones (excluding diaryl/α,β-unsaturated/α-hetero) is 2. The number of carbonyl (C=O) groups excluding carboxylic acids is 2. The lowest BCUT2D eigenvalue weighted by Crippen LogP contribution is -2.21. The third-order valence-corrected chi connectivity index (χ3v) is 4.24. The van der Waals surface area contributed by atoms with E-state index in [0.717, 1.165) is 11.1 Å². The quantitative estimate of drug-likeness (QED) is 0.407. The van der Waals surface area contributed by atoms with E-state index in [0.29, 0.717) is 39.0 Å². The van der Waals surface area contributed by atoms with E-state index in [1.165, 1.54) is 0 Å². The highest BCUT2D eigenvalue weighted by molar-refractivity contribution is 6.54. The molecule has 0 spiro atoms. The fraction of sp³-hybridized carbons (Fsp3) is 0.500. The monoisotopic (exact) mass is 412 g/mol. The average Bonchev–Trinajstić information content (AvgIpc) is 2.56. The summed E-state index contributed by atoms with van der Waals surface area (Å²) in [6.45, 7) is 2.40. The number of nitrogens with one attached hydrogen (secondary N) is 2. The van der Waals surface area contributed by atoms with Crippen molar-refractivity contribution in [2.75, 3.05) is 13.1 Å². The van der Waals surface area contributed by atoms with Crippen LogP contribution in [-0.4, -0.2) is 34.3 Å².